The number of hydrogen-bond acceptors (Lipinski definition) is 5. The van der Waals surface area contributed by atoms with Crippen molar-refractivity contribution in [3.8, 4) is 11.5 Å². The Hall–Kier alpha value is -2.79. The first kappa shape index (κ1) is 20.0. The van der Waals surface area contributed by atoms with Crippen molar-refractivity contribution in [2.45, 2.75) is 25.3 Å². The van der Waals surface area contributed by atoms with E-state index in [1.807, 2.05) is 24.3 Å². The fraction of sp³-hybridized carbons (Fsp3) is 0.348. The van der Waals surface area contributed by atoms with Crippen LogP contribution in [0, 0.1) is 0 Å². The summed E-state index contributed by atoms with van der Waals surface area (Å²) in [7, 11) is 4.72. The van der Waals surface area contributed by atoms with E-state index in [2.05, 4.69) is 22.2 Å². The molecule has 0 saturated carbocycles. The first-order valence-electron chi connectivity index (χ1n) is 9.47. The molecule has 148 valence electrons. The van der Waals surface area contributed by atoms with E-state index < -0.39 is 0 Å². The third kappa shape index (κ3) is 4.93. The fourth-order valence-electron chi connectivity index (χ4n) is 3.59. The summed E-state index contributed by atoms with van der Waals surface area (Å²) in [5.41, 5.74) is 4.89. The number of methoxy groups -OCH3 is 3. The van der Waals surface area contributed by atoms with E-state index in [4.69, 9.17) is 9.47 Å². The number of hydrogen-bond donors (Lipinski definition) is 1. The topological polar surface area (TPSA) is 56.8 Å². The summed E-state index contributed by atoms with van der Waals surface area (Å²) in [5.74, 6) is 1.29. The van der Waals surface area contributed by atoms with E-state index in [0.717, 1.165) is 42.9 Å². The lowest BCUT2D eigenvalue weighted by molar-refractivity contribution is -0.134. The van der Waals surface area contributed by atoms with E-state index >= 15 is 0 Å². The highest BCUT2D eigenvalue weighted by atomic mass is 16.5. The number of nitrogens with one attached hydrogen (secondary N) is 1. The molecular weight excluding hydrogens is 354 g/mol. The molecule has 5 heteroatoms. The zero-order chi connectivity index (χ0) is 19.9. The van der Waals surface area contributed by atoms with Crippen molar-refractivity contribution in [2.75, 3.05) is 27.9 Å². The highest BCUT2D eigenvalue weighted by Crippen LogP contribution is 2.32. The van der Waals surface area contributed by atoms with Gasteiger partial charge in [-0.25, -0.2) is 4.79 Å². The second-order valence-electron chi connectivity index (χ2n) is 6.83. The average Bonchev–Trinajstić information content (AvgIpc) is 3.13. The molecular formula is C23H27NO4. The number of carbonyl (C=O) groups excluding carboxylic acids is 1. The lowest BCUT2D eigenvalue weighted by atomic mass is 10.0. The summed E-state index contributed by atoms with van der Waals surface area (Å²) in [6, 6.07) is 12.7. The predicted molar refractivity (Wildman–Crippen MR) is 110 cm³/mol. The van der Waals surface area contributed by atoms with Crippen molar-refractivity contribution in [3.63, 3.8) is 0 Å². The molecule has 1 unspecified atom stereocenters. The van der Waals surface area contributed by atoms with Crippen LogP contribution in [0.3, 0.4) is 0 Å². The van der Waals surface area contributed by atoms with Gasteiger partial charge in [-0.2, -0.15) is 0 Å². The van der Waals surface area contributed by atoms with Crippen LogP contribution in [0.5, 0.6) is 11.5 Å². The zero-order valence-electron chi connectivity index (χ0n) is 16.7. The monoisotopic (exact) mass is 381 g/mol. The maximum Gasteiger partial charge on any atom is 0.330 e. The maximum absolute atomic E-state index is 11.3. The van der Waals surface area contributed by atoms with Gasteiger partial charge >= 0.3 is 5.97 Å². The molecule has 3 rings (SSSR count). The van der Waals surface area contributed by atoms with Crippen molar-refractivity contribution >= 4 is 12.0 Å². The molecule has 1 aliphatic rings. The highest BCUT2D eigenvalue weighted by molar-refractivity contribution is 5.86. The van der Waals surface area contributed by atoms with Gasteiger partial charge in [-0.1, -0.05) is 18.2 Å². The Bertz CT molecular complexity index is 837. The molecule has 0 aromatic heterocycles. The normalized spacial score (nSPS) is 15.5. The van der Waals surface area contributed by atoms with Gasteiger partial charge < -0.3 is 19.5 Å². The molecule has 0 spiro atoms. The van der Waals surface area contributed by atoms with Crippen LogP contribution in [0.25, 0.3) is 6.08 Å². The summed E-state index contributed by atoms with van der Waals surface area (Å²) < 4.78 is 15.3. The van der Waals surface area contributed by atoms with Crippen LogP contribution in [-0.2, 0) is 22.4 Å². The van der Waals surface area contributed by atoms with Crippen LogP contribution in [0.4, 0.5) is 0 Å². The van der Waals surface area contributed by atoms with Gasteiger partial charge in [0.15, 0.2) is 0 Å². The molecule has 0 amide bonds. The molecule has 2 aromatic carbocycles. The van der Waals surface area contributed by atoms with E-state index in [1.54, 1.807) is 20.3 Å². The Kier molecular flexibility index (Phi) is 6.71. The molecule has 0 fully saturated rings. The Morgan fingerprint density at radius 3 is 2.54 bits per heavy atom. The molecule has 1 atom stereocenters. The van der Waals surface area contributed by atoms with Gasteiger partial charge in [0.25, 0.3) is 0 Å². The molecule has 0 bridgehead atoms. The number of aryl methyl sites for hydroxylation is 1. The third-order valence-electron chi connectivity index (χ3n) is 5.07. The maximum atomic E-state index is 11.3. The van der Waals surface area contributed by atoms with E-state index in [0.29, 0.717) is 6.04 Å². The Morgan fingerprint density at radius 2 is 1.86 bits per heavy atom. The number of rotatable bonds is 8. The molecule has 1 N–H and O–H groups in total. The van der Waals surface area contributed by atoms with Crippen LogP contribution in [0.2, 0.25) is 0 Å². The highest BCUT2D eigenvalue weighted by Gasteiger charge is 2.21. The first-order valence-corrected chi connectivity index (χ1v) is 9.47. The van der Waals surface area contributed by atoms with Gasteiger partial charge in [0.05, 0.1) is 21.3 Å². The average molecular weight is 381 g/mol. The molecule has 1 aliphatic carbocycles. The van der Waals surface area contributed by atoms with Gasteiger partial charge in [0.1, 0.15) is 11.5 Å². The second-order valence-corrected chi connectivity index (χ2v) is 6.83. The molecule has 2 aromatic rings. The second kappa shape index (κ2) is 9.42. The van der Waals surface area contributed by atoms with E-state index in [9.17, 15) is 4.79 Å². The lowest BCUT2D eigenvalue weighted by Crippen LogP contribution is -2.21. The lowest BCUT2D eigenvalue weighted by Gasteiger charge is -2.15. The summed E-state index contributed by atoms with van der Waals surface area (Å²) >= 11 is 0. The van der Waals surface area contributed by atoms with Gasteiger partial charge in [-0.05, 0) is 66.3 Å². The Morgan fingerprint density at radius 1 is 1.11 bits per heavy atom. The van der Waals surface area contributed by atoms with Crippen LogP contribution in [0.1, 0.15) is 34.7 Å². The van der Waals surface area contributed by atoms with Crippen LogP contribution in [0.15, 0.2) is 42.5 Å². The summed E-state index contributed by atoms with van der Waals surface area (Å²) in [6.45, 7) is 0.879. The number of fused-ring (bicyclic) bond motifs is 1. The smallest absolute Gasteiger partial charge is 0.330 e. The number of esters is 1. The molecule has 0 radical (unpaired) electrons. The summed E-state index contributed by atoms with van der Waals surface area (Å²) in [4.78, 5) is 11.3. The van der Waals surface area contributed by atoms with Crippen LogP contribution < -0.4 is 14.8 Å². The Balaban J connectivity index is 1.59. The van der Waals surface area contributed by atoms with Crippen LogP contribution in [-0.4, -0.2) is 33.8 Å². The molecule has 0 aliphatic heterocycles. The predicted octanol–water partition coefficient (Wildman–Crippen LogP) is 3.71. The number of ether oxygens (including phenoxy) is 3. The SMILES string of the molecule is COC(=O)C=Cc1ccc2c(c1)CCC2NCCc1cc(OC)cc(OC)c1. The van der Waals surface area contributed by atoms with Crippen molar-refractivity contribution in [2.24, 2.45) is 0 Å². The van der Waals surface area contributed by atoms with Gasteiger partial charge in [0, 0.05) is 18.2 Å². The third-order valence-corrected chi connectivity index (χ3v) is 5.07. The zero-order valence-corrected chi connectivity index (χ0v) is 16.7. The van der Waals surface area contributed by atoms with Crippen molar-refractivity contribution in [3.05, 3.63) is 64.7 Å². The van der Waals surface area contributed by atoms with E-state index in [-0.39, 0.29) is 5.97 Å². The quantitative estimate of drug-likeness (QED) is 0.558. The minimum atomic E-state index is -0.339. The van der Waals surface area contributed by atoms with Crippen LogP contribution >= 0.6 is 0 Å². The molecule has 0 heterocycles. The molecule has 28 heavy (non-hydrogen) atoms. The number of carbonyl (C=O) groups is 1. The van der Waals surface area contributed by atoms with Crippen molar-refractivity contribution in [1.82, 2.24) is 5.32 Å². The van der Waals surface area contributed by atoms with E-state index in [1.165, 1.54) is 29.9 Å². The standard InChI is InChI=1S/C23H27NO4/c1-26-19-13-17(14-20(15-19)27-2)10-11-24-22-8-6-18-12-16(4-7-21(18)22)5-9-23(25)28-3/h4-5,7,9,12-15,22,24H,6,8,10-11H2,1-3H3. The van der Waals surface area contributed by atoms with Gasteiger partial charge in [0.2, 0.25) is 0 Å². The molecule has 5 nitrogen and oxygen atoms in total. The Labute approximate surface area is 166 Å². The summed E-state index contributed by atoms with van der Waals surface area (Å²) in [5, 5.41) is 3.67. The minimum Gasteiger partial charge on any atom is -0.497 e. The van der Waals surface area contributed by atoms with Gasteiger partial charge in [-0.15, -0.1) is 0 Å². The largest absolute Gasteiger partial charge is 0.497 e. The fourth-order valence-corrected chi connectivity index (χ4v) is 3.59. The molecule has 0 saturated heterocycles. The first-order chi connectivity index (χ1) is 13.6. The van der Waals surface area contributed by atoms with Gasteiger partial charge in [-0.3, -0.25) is 0 Å². The van der Waals surface area contributed by atoms with Crippen molar-refractivity contribution < 1.29 is 19.0 Å². The number of benzene rings is 2. The summed E-state index contributed by atoms with van der Waals surface area (Å²) in [6.07, 6.45) is 6.28. The van der Waals surface area contributed by atoms with Crippen molar-refractivity contribution in [1.29, 1.82) is 0 Å². The minimum absolute atomic E-state index is 0.339.